The Hall–Kier alpha value is -2.54. The van der Waals surface area contributed by atoms with E-state index in [-0.39, 0.29) is 11.2 Å². The topological polar surface area (TPSA) is 67.0 Å². The van der Waals surface area contributed by atoms with Crippen LogP contribution in [-0.2, 0) is 11.2 Å². The van der Waals surface area contributed by atoms with Gasteiger partial charge in [0.2, 0.25) is 5.91 Å². The Morgan fingerprint density at radius 3 is 2.66 bits per heavy atom. The fourth-order valence-electron chi connectivity index (χ4n) is 2.82. The Labute approximate surface area is 181 Å². The maximum Gasteiger partial charge on any atom is 0.239 e. The summed E-state index contributed by atoms with van der Waals surface area (Å²) in [7, 11) is 0. The maximum absolute atomic E-state index is 12.2. The smallest absolute Gasteiger partial charge is 0.239 e. The zero-order chi connectivity index (χ0) is 20.2. The van der Waals surface area contributed by atoms with Crippen molar-refractivity contribution in [2.24, 2.45) is 10.2 Å². The Kier molecular flexibility index (Phi) is 6.04. The van der Waals surface area contributed by atoms with Gasteiger partial charge in [-0.15, -0.1) is 5.10 Å². The molecule has 8 heteroatoms. The van der Waals surface area contributed by atoms with E-state index in [2.05, 4.69) is 15.5 Å². The first kappa shape index (κ1) is 19.8. The van der Waals surface area contributed by atoms with Crippen LogP contribution in [0.25, 0.3) is 11.3 Å². The van der Waals surface area contributed by atoms with Crippen molar-refractivity contribution in [1.82, 2.24) is 5.32 Å². The molecule has 5 nitrogen and oxygen atoms in total. The van der Waals surface area contributed by atoms with E-state index < -0.39 is 0 Å². The van der Waals surface area contributed by atoms with Crippen molar-refractivity contribution >= 4 is 52.3 Å². The molecule has 0 aliphatic carbocycles. The molecule has 1 amide bonds. The Morgan fingerprint density at radius 2 is 1.86 bits per heavy atom. The highest BCUT2D eigenvalue weighted by molar-refractivity contribution is 8.15. The van der Waals surface area contributed by atoms with Gasteiger partial charge in [-0.1, -0.05) is 59.2 Å². The number of amidine groups is 1. The predicted octanol–water partition coefficient (Wildman–Crippen LogP) is 5.42. The molecule has 0 spiro atoms. The lowest BCUT2D eigenvalue weighted by atomic mass is 10.1. The molecule has 4 rings (SSSR count). The lowest BCUT2D eigenvalue weighted by Gasteiger charge is -2.05. The molecule has 1 N–H and O–H groups in total. The van der Waals surface area contributed by atoms with Crippen molar-refractivity contribution in [3.05, 3.63) is 82.0 Å². The number of halogens is 2. The molecule has 2 heterocycles. The second kappa shape index (κ2) is 8.86. The molecular formula is C21H15Cl2N3O2S. The second-order valence-electron chi connectivity index (χ2n) is 6.29. The van der Waals surface area contributed by atoms with Gasteiger partial charge in [-0.25, -0.2) is 0 Å². The number of furan rings is 1. The fraction of sp³-hybridized carbons (Fsp3) is 0.0952. The molecule has 1 aromatic heterocycles. The number of nitrogens with one attached hydrogen (secondary N) is 1. The summed E-state index contributed by atoms with van der Waals surface area (Å²) in [6.07, 6.45) is 2.07. The SMILES string of the molecule is O=C1N/C(=N\N=C\c2ccc(-c3cccc(Cl)c3)o2)SC1Cc1cccc(Cl)c1. The summed E-state index contributed by atoms with van der Waals surface area (Å²) >= 11 is 13.4. The minimum absolute atomic E-state index is 0.0924. The molecule has 1 aliphatic heterocycles. The van der Waals surface area contributed by atoms with Gasteiger partial charge in [0.1, 0.15) is 11.5 Å². The van der Waals surface area contributed by atoms with E-state index in [4.69, 9.17) is 27.6 Å². The van der Waals surface area contributed by atoms with Crippen LogP contribution in [0.2, 0.25) is 10.0 Å². The number of nitrogens with zero attached hydrogens (tertiary/aromatic N) is 2. The highest BCUT2D eigenvalue weighted by Crippen LogP contribution is 2.25. The van der Waals surface area contributed by atoms with Gasteiger partial charge >= 0.3 is 0 Å². The number of amides is 1. The molecule has 1 aliphatic rings. The minimum Gasteiger partial charge on any atom is -0.455 e. The average Bonchev–Trinajstić information content (AvgIpc) is 3.29. The zero-order valence-corrected chi connectivity index (χ0v) is 17.3. The summed E-state index contributed by atoms with van der Waals surface area (Å²) in [4.78, 5) is 12.2. The molecule has 29 heavy (non-hydrogen) atoms. The summed E-state index contributed by atoms with van der Waals surface area (Å²) < 4.78 is 5.74. The molecule has 0 bridgehead atoms. The second-order valence-corrected chi connectivity index (χ2v) is 8.36. The van der Waals surface area contributed by atoms with Crippen molar-refractivity contribution in [3.8, 4) is 11.3 Å². The summed E-state index contributed by atoms with van der Waals surface area (Å²) in [6, 6.07) is 18.5. The van der Waals surface area contributed by atoms with Gasteiger partial charge in [0.05, 0.1) is 11.5 Å². The van der Waals surface area contributed by atoms with E-state index in [9.17, 15) is 4.79 Å². The van der Waals surface area contributed by atoms with Crippen molar-refractivity contribution in [1.29, 1.82) is 0 Å². The van der Waals surface area contributed by atoms with E-state index in [0.717, 1.165) is 11.1 Å². The standard InChI is InChI=1S/C21H15Cl2N3O2S/c22-15-5-1-3-13(9-15)10-19-20(27)25-21(29-19)26-24-12-17-7-8-18(28-17)14-4-2-6-16(23)11-14/h1-9,11-12,19H,10H2,(H,25,26,27)/b24-12+. The van der Waals surface area contributed by atoms with Gasteiger partial charge in [0, 0.05) is 15.6 Å². The van der Waals surface area contributed by atoms with Crippen molar-refractivity contribution in [2.45, 2.75) is 11.7 Å². The number of benzene rings is 2. The summed E-state index contributed by atoms with van der Waals surface area (Å²) in [5.41, 5.74) is 1.88. The van der Waals surface area contributed by atoms with Crippen LogP contribution in [-0.4, -0.2) is 22.5 Å². The van der Waals surface area contributed by atoms with Crippen LogP contribution in [0.4, 0.5) is 0 Å². The van der Waals surface area contributed by atoms with Crippen molar-refractivity contribution in [2.75, 3.05) is 0 Å². The number of carbonyl (C=O) groups is 1. The van der Waals surface area contributed by atoms with E-state index in [1.54, 1.807) is 18.2 Å². The predicted molar refractivity (Wildman–Crippen MR) is 119 cm³/mol. The molecule has 1 unspecified atom stereocenters. The number of rotatable bonds is 5. The van der Waals surface area contributed by atoms with Gasteiger partial charge in [0.15, 0.2) is 5.17 Å². The largest absolute Gasteiger partial charge is 0.455 e. The Balaban J connectivity index is 1.39. The van der Waals surface area contributed by atoms with Gasteiger partial charge < -0.3 is 9.73 Å². The molecule has 1 atom stereocenters. The lowest BCUT2D eigenvalue weighted by molar-refractivity contribution is -0.118. The normalized spacial score (nSPS) is 17.9. The molecule has 3 aromatic rings. The number of hydrogen-bond donors (Lipinski definition) is 1. The fourth-order valence-corrected chi connectivity index (χ4v) is 4.19. The third-order valence-electron chi connectivity index (χ3n) is 4.16. The van der Waals surface area contributed by atoms with Crippen LogP contribution < -0.4 is 5.32 Å². The summed E-state index contributed by atoms with van der Waals surface area (Å²) in [5.74, 6) is 1.14. The molecule has 146 valence electrons. The van der Waals surface area contributed by atoms with Crippen molar-refractivity contribution in [3.63, 3.8) is 0 Å². The van der Waals surface area contributed by atoms with Crippen LogP contribution in [0.15, 0.2) is 75.3 Å². The van der Waals surface area contributed by atoms with Gasteiger partial charge in [0.25, 0.3) is 0 Å². The van der Waals surface area contributed by atoms with Crippen LogP contribution in [0.3, 0.4) is 0 Å². The molecule has 2 aromatic carbocycles. The first-order valence-electron chi connectivity index (χ1n) is 8.75. The van der Waals surface area contributed by atoms with E-state index in [1.807, 2.05) is 42.5 Å². The van der Waals surface area contributed by atoms with E-state index in [1.165, 1.54) is 18.0 Å². The highest BCUT2D eigenvalue weighted by atomic mass is 35.5. The number of hydrogen-bond acceptors (Lipinski definition) is 5. The summed E-state index contributed by atoms with van der Waals surface area (Å²) in [6.45, 7) is 0. The lowest BCUT2D eigenvalue weighted by Crippen LogP contribution is -2.25. The first-order valence-corrected chi connectivity index (χ1v) is 10.4. The third kappa shape index (κ3) is 5.09. The van der Waals surface area contributed by atoms with Crippen LogP contribution >= 0.6 is 35.0 Å². The van der Waals surface area contributed by atoms with Crippen LogP contribution in [0.1, 0.15) is 11.3 Å². The van der Waals surface area contributed by atoms with E-state index >= 15 is 0 Å². The number of carbonyl (C=O) groups excluding carboxylic acids is 1. The van der Waals surface area contributed by atoms with E-state index in [0.29, 0.717) is 33.2 Å². The van der Waals surface area contributed by atoms with Gasteiger partial charge in [-0.3, -0.25) is 4.79 Å². The zero-order valence-electron chi connectivity index (χ0n) is 15.0. The molecular weight excluding hydrogens is 429 g/mol. The molecule has 1 fully saturated rings. The average molecular weight is 444 g/mol. The maximum atomic E-state index is 12.2. The Morgan fingerprint density at radius 1 is 1.07 bits per heavy atom. The third-order valence-corrected chi connectivity index (χ3v) is 5.70. The Bertz CT molecular complexity index is 1110. The first-order chi connectivity index (χ1) is 14.1. The quantitative estimate of drug-likeness (QED) is 0.422. The summed E-state index contributed by atoms with van der Waals surface area (Å²) in [5, 5.41) is 12.3. The van der Waals surface area contributed by atoms with Gasteiger partial charge in [-0.2, -0.15) is 5.10 Å². The molecule has 0 radical (unpaired) electrons. The van der Waals surface area contributed by atoms with Gasteiger partial charge in [-0.05, 0) is 48.4 Å². The van der Waals surface area contributed by atoms with Crippen molar-refractivity contribution < 1.29 is 9.21 Å². The molecule has 0 saturated carbocycles. The van der Waals surface area contributed by atoms with Crippen LogP contribution in [0.5, 0.6) is 0 Å². The monoisotopic (exact) mass is 443 g/mol. The van der Waals surface area contributed by atoms with Crippen LogP contribution in [0, 0.1) is 0 Å². The molecule has 1 saturated heterocycles. The number of thioether (sulfide) groups is 1. The minimum atomic E-state index is -0.263. The highest BCUT2D eigenvalue weighted by Gasteiger charge is 2.30.